The van der Waals surface area contributed by atoms with E-state index in [0.717, 1.165) is 0 Å². The van der Waals surface area contributed by atoms with Crippen molar-refractivity contribution >= 4 is 40.8 Å². The average Bonchev–Trinajstić information content (AvgIpc) is 2.96. The summed E-state index contributed by atoms with van der Waals surface area (Å²) in [4.78, 5) is 23.7. The van der Waals surface area contributed by atoms with E-state index in [-0.39, 0.29) is 12.0 Å². The molecule has 1 aliphatic carbocycles. The van der Waals surface area contributed by atoms with Crippen LogP contribution in [0.15, 0.2) is 24.3 Å². The number of anilines is 1. The van der Waals surface area contributed by atoms with E-state index in [1.54, 1.807) is 6.92 Å². The van der Waals surface area contributed by atoms with E-state index in [0.29, 0.717) is 12.1 Å². The van der Waals surface area contributed by atoms with Crippen LogP contribution in [0.5, 0.6) is 0 Å². The number of nitrogens with one attached hydrogen (secondary N) is 1. The van der Waals surface area contributed by atoms with Crippen LogP contribution < -0.4 is 5.32 Å². The molecule has 0 radical (unpaired) electrons. The largest absolute Gasteiger partial charge is 0.455 e. The van der Waals surface area contributed by atoms with Crippen molar-refractivity contribution in [2.24, 2.45) is 5.41 Å². The summed E-state index contributed by atoms with van der Waals surface area (Å²) in [6.45, 7) is 7.61. The summed E-state index contributed by atoms with van der Waals surface area (Å²) in [7, 11) is 0. The highest BCUT2D eigenvalue weighted by atomic mass is 35.5. The molecular formula is C17H21Cl2NO3. The summed E-state index contributed by atoms with van der Waals surface area (Å²) in [6, 6.07) is 7.57. The quantitative estimate of drug-likeness (QED) is 0.653. The monoisotopic (exact) mass is 357 g/mol. The highest BCUT2D eigenvalue weighted by Crippen LogP contribution is 2.64. The first-order valence-electron chi connectivity index (χ1n) is 7.41. The number of hydrogen-bond donors (Lipinski definition) is 1. The van der Waals surface area contributed by atoms with Crippen LogP contribution in [-0.4, -0.2) is 22.8 Å². The lowest BCUT2D eigenvalue weighted by atomic mass is 9.87. The van der Waals surface area contributed by atoms with E-state index in [2.05, 4.69) is 26.1 Å². The number of esters is 1. The number of ether oxygens (including phenoxy) is 1. The second kappa shape index (κ2) is 5.99. The van der Waals surface area contributed by atoms with Gasteiger partial charge in [-0.2, -0.15) is 0 Å². The third-order valence-corrected chi connectivity index (χ3v) is 5.18. The van der Waals surface area contributed by atoms with Gasteiger partial charge in [-0.15, -0.1) is 23.2 Å². The average molecular weight is 358 g/mol. The molecule has 2 rings (SSSR count). The molecule has 126 valence electrons. The first-order chi connectivity index (χ1) is 10.5. The fraction of sp³-hybridized carbons (Fsp3) is 0.529. The molecule has 1 fully saturated rings. The summed E-state index contributed by atoms with van der Waals surface area (Å²) < 4.78 is 3.90. The molecule has 1 aliphatic rings. The number of amides is 1. The van der Waals surface area contributed by atoms with Crippen LogP contribution in [0, 0.1) is 5.41 Å². The molecule has 1 N–H and O–H groups in total. The number of carbonyl (C=O) groups is 2. The highest BCUT2D eigenvalue weighted by molar-refractivity contribution is 6.53. The molecule has 0 heterocycles. The maximum absolute atomic E-state index is 11.9. The summed E-state index contributed by atoms with van der Waals surface area (Å²) in [5, 5.41) is 2.69. The maximum Gasteiger partial charge on any atom is 0.315 e. The van der Waals surface area contributed by atoms with Gasteiger partial charge in [0.05, 0.1) is 0 Å². The number of carbonyl (C=O) groups excluding carboxylic acids is 2. The van der Waals surface area contributed by atoms with Gasteiger partial charge in [0.25, 0.3) is 5.91 Å². The van der Waals surface area contributed by atoms with Gasteiger partial charge >= 0.3 is 5.97 Å². The van der Waals surface area contributed by atoms with Crippen LogP contribution in [0.3, 0.4) is 0 Å². The van der Waals surface area contributed by atoms with Crippen LogP contribution >= 0.6 is 23.2 Å². The van der Waals surface area contributed by atoms with Crippen molar-refractivity contribution in [1.29, 1.82) is 0 Å². The second-order valence-electron chi connectivity index (χ2n) is 7.16. The molecule has 0 aliphatic heterocycles. The van der Waals surface area contributed by atoms with Crippen molar-refractivity contribution in [3.63, 3.8) is 0 Å². The fourth-order valence-corrected chi connectivity index (χ4v) is 2.85. The Balaban J connectivity index is 1.85. The van der Waals surface area contributed by atoms with E-state index in [9.17, 15) is 9.59 Å². The predicted molar refractivity (Wildman–Crippen MR) is 91.9 cm³/mol. The molecule has 0 bridgehead atoms. The van der Waals surface area contributed by atoms with Gasteiger partial charge < -0.3 is 10.1 Å². The zero-order valence-corrected chi connectivity index (χ0v) is 15.2. The van der Waals surface area contributed by atoms with E-state index >= 15 is 0 Å². The topological polar surface area (TPSA) is 55.4 Å². The Morgan fingerprint density at radius 2 is 1.74 bits per heavy atom. The molecule has 1 atom stereocenters. The third kappa shape index (κ3) is 3.99. The van der Waals surface area contributed by atoms with Gasteiger partial charge in [-0.25, -0.2) is 0 Å². The Morgan fingerprint density at radius 3 is 2.17 bits per heavy atom. The minimum absolute atomic E-state index is 0.0490. The van der Waals surface area contributed by atoms with Crippen LogP contribution in [-0.2, 0) is 19.7 Å². The third-order valence-electron chi connectivity index (χ3n) is 4.08. The fourth-order valence-electron chi connectivity index (χ4n) is 2.16. The van der Waals surface area contributed by atoms with Gasteiger partial charge in [-0.05, 0) is 30.0 Å². The van der Waals surface area contributed by atoms with Crippen molar-refractivity contribution < 1.29 is 14.3 Å². The molecule has 1 saturated carbocycles. The van der Waals surface area contributed by atoms with E-state index in [1.165, 1.54) is 5.56 Å². The van der Waals surface area contributed by atoms with Gasteiger partial charge in [0.15, 0.2) is 6.61 Å². The summed E-state index contributed by atoms with van der Waals surface area (Å²) in [6.07, 6.45) is 0.331. The van der Waals surface area contributed by atoms with Gasteiger partial charge in [0.1, 0.15) is 9.75 Å². The molecule has 23 heavy (non-hydrogen) atoms. The first kappa shape index (κ1) is 18.1. The maximum atomic E-state index is 11.9. The van der Waals surface area contributed by atoms with E-state index in [1.807, 2.05) is 24.3 Å². The van der Waals surface area contributed by atoms with Crippen molar-refractivity contribution in [2.75, 3.05) is 11.9 Å². The number of rotatable bonds is 4. The van der Waals surface area contributed by atoms with Gasteiger partial charge in [0, 0.05) is 12.1 Å². The zero-order chi connectivity index (χ0) is 17.5. The molecule has 1 aromatic rings. The lowest BCUT2D eigenvalue weighted by Gasteiger charge is -2.19. The lowest BCUT2D eigenvalue weighted by Crippen LogP contribution is -2.26. The minimum Gasteiger partial charge on any atom is -0.455 e. The molecule has 0 saturated heterocycles. The predicted octanol–water partition coefficient (Wildman–Crippen LogP) is 4.05. The van der Waals surface area contributed by atoms with Crippen LogP contribution in [0.1, 0.15) is 39.7 Å². The van der Waals surface area contributed by atoms with Gasteiger partial charge in [-0.3, -0.25) is 9.59 Å². The van der Waals surface area contributed by atoms with Gasteiger partial charge in [-0.1, -0.05) is 32.9 Å². The minimum atomic E-state index is -1.09. The zero-order valence-electron chi connectivity index (χ0n) is 13.7. The second-order valence-corrected chi connectivity index (χ2v) is 8.65. The van der Waals surface area contributed by atoms with Gasteiger partial charge in [0.2, 0.25) is 0 Å². The number of benzene rings is 1. The lowest BCUT2D eigenvalue weighted by molar-refractivity contribution is -0.152. The van der Waals surface area contributed by atoms with Crippen molar-refractivity contribution in [2.45, 2.75) is 43.9 Å². The smallest absolute Gasteiger partial charge is 0.315 e. The van der Waals surface area contributed by atoms with Crippen LogP contribution in [0.25, 0.3) is 0 Å². The number of alkyl halides is 2. The summed E-state index contributed by atoms with van der Waals surface area (Å²) in [5.41, 5.74) is 0.947. The Labute approximate surface area is 146 Å². The SMILES string of the molecule is CC(C)(C)c1ccc(NC(=O)COC(=O)[C@]2(C)CC2(Cl)Cl)cc1. The summed E-state index contributed by atoms with van der Waals surface area (Å²) >= 11 is 11.8. The number of hydrogen-bond acceptors (Lipinski definition) is 3. The number of halogens is 2. The Kier molecular flexibility index (Phi) is 4.71. The molecule has 6 heteroatoms. The van der Waals surface area contributed by atoms with E-state index in [4.69, 9.17) is 27.9 Å². The molecule has 4 nitrogen and oxygen atoms in total. The standard InChI is InChI=1S/C17H21Cl2NO3/c1-15(2,3)11-5-7-12(8-6-11)20-13(21)9-23-14(22)16(4)10-17(16,18)19/h5-8H,9-10H2,1-4H3,(H,20,21)/t16-/m0/s1. The highest BCUT2D eigenvalue weighted by Gasteiger charge is 2.69. The molecule has 1 amide bonds. The van der Waals surface area contributed by atoms with Crippen LogP contribution in [0.4, 0.5) is 5.69 Å². The molecule has 0 spiro atoms. The Morgan fingerprint density at radius 1 is 1.22 bits per heavy atom. The summed E-state index contributed by atoms with van der Waals surface area (Å²) in [5.74, 6) is -0.957. The van der Waals surface area contributed by atoms with Crippen LogP contribution in [0.2, 0.25) is 0 Å². The van der Waals surface area contributed by atoms with Crippen molar-refractivity contribution in [1.82, 2.24) is 0 Å². The molecular weight excluding hydrogens is 337 g/mol. The first-order valence-corrected chi connectivity index (χ1v) is 8.17. The Hall–Kier alpha value is -1.26. The van der Waals surface area contributed by atoms with Crippen molar-refractivity contribution in [3.8, 4) is 0 Å². The molecule has 0 unspecified atom stereocenters. The molecule has 1 aromatic carbocycles. The normalized spacial score (nSPS) is 22.3. The molecule has 0 aromatic heterocycles. The Bertz CT molecular complexity index is 620. The van der Waals surface area contributed by atoms with E-state index < -0.39 is 21.6 Å². The van der Waals surface area contributed by atoms with Crippen molar-refractivity contribution in [3.05, 3.63) is 29.8 Å².